The predicted octanol–water partition coefficient (Wildman–Crippen LogP) is 3.54. The van der Waals surface area contributed by atoms with Gasteiger partial charge in [-0.3, -0.25) is 4.55 Å². The molecular weight excluding hydrogens is 416 g/mol. The topological polar surface area (TPSA) is 125 Å². The van der Waals surface area contributed by atoms with Gasteiger partial charge in [-0.15, -0.1) is 0 Å². The van der Waals surface area contributed by atoms with Crippen molar-refractivity contribution >= 4 is 33.2 Å². The summed E-state index contributed by atoms with van der Waals surface area (Å²) in [5.74, 6) is 0. The van der Waals surface area contributed by atoms with E-state index in [1.165, 1.54) is 12.1 Å². The van der Waals surface area contributed by atoms with Gasteiger partial charge in [0.2, 0.25) is 0 Å². The van der Waals surface area contributed by atoms with E-state index in [4.69, 9.17) is 5.73 Å². The summed E-state index contributed by atoms with van der Waals surface area (Å²) in [6.07, 6.45) is 0. The molecule has 0 aliphatic rings. The van der Waals surface area contributed by atoms with Gasteiger partial charge in [0.25, 0.3) is 10.1 Å². The summed E-state index contributed by atoms with van der Waals surface area (Å²) in [4.78, 5) is 13.0. The first-order valence-corrected chi connectivity index (χ1v) is 11.0. The molecule has 0 bridgehead atoms. The van der Waals surface area contributed by atoms with Crippen LogP contribution in [0.25, 0.3) is 0 Å². The number of amides is 2. The van der Waals surface area contributed by atoms with E-state index in [1.54, 1.807) is 18.2 Å². The largest absolute Gasteiger partial charge is 0.383 e. The Bertz CT molecular complexity index is 1140. The van der Waals surface area contributed by atoms with Crippen molar-refractivity contribution in [3.8, 4) is 0 Å². The first-order chi connectivity index (χ1) is 14.8. The predicted molar refractivity (Wildman–Crippen MR) is 122 cm³/mol. The summed E-state index contributed by atoms with van der Waals surface area (Å²) < 4.78 is 32.2. The van der Waals surface area contributed by atoms with Crippen LogP contribution < -0.4 is 21.3 Å². The number of hydrogen-bond acceptors (Lipinski definition) is 5. The minimum absolute atomic E-state index is 0.130. The van der Waals surface area contributed by atoms with E-state index in [1.807, 2.05) is 48.5 Å². The van der Waals surface area contributed by atoms with E-state index in [-0.39, 0.29) is 4.90 Å². The summed E-state index contributed by atoms with van der Waals surface area (Å²) >= 11 is 0. The van der Waals surface area contributed by atoms with Gasteiger partial charge in [-0.1, -0.05) is 36.4 Å². The number of nitrogens with two attached hydrogens (primary N) is 1. The maximum absolute atomic E-state index is 11.5. The lowest BCUT2D eigenvalue weighted by Crippen LogP contribution is -2.28. The molecule has 9 heteroatoms. The molecular formula is C22H24N4O4S. The highest BCUT2D eigenvalue weighted by Gasteiger charge is 2.12. The fourth-order valence-corrected chi connectivity index (χ4v) is 3.70. The number of urea groups is 1. The summed E-state index contributed by atoms with van der Waals surface area (Å²) in [5.41, 5.74) is 8.32. The molecule has 3 rings (SSSR count). The molecule has 162 valence electrons. The molecule has 0 saturated heterocycles. The number of anilines is 3. The van der Waals surface area contributed by atoms with Crippen LogP contribution in [0.5, 0.6) is 0 Å². The molecule has 0 atom stereocenters. The number of carbonyl (C=O) groups excluding carboxylic acids is 1. The average Bonchev–Trinajstić information content (AvgIpc) is 2.73. The highest BCUT2D eigenvalue weighted by atomic mass is 32.2. The highest BCUT2D eigenvalue weighted by Crippen LogP contribution is 2.19. The van der Waals surface area contributed by atoms with Crippen LogP contribution >= 0.6 is 0 Å². The molecule has 3 aromatic carbocycles. The van der Waals surface area contributed by atoms with E-state index in [0.29, 0.717) is 25.3 Å². The van der Waals surface area contributed by atoms with Gasteiger partial charge in [0, 0.05) is 36.7 Å². The zero-order chi connectivity index (χ0) is 22.3. The summed E-state index contributed by atoms with van der Waals surface area (Å²) in [6.45, 7) is 1.67. The van der Waals surface area contributed by atoms with Gasteiger partial charge in [-0.05, 0) is 48.0 Å². The number of nitrogens with one attached hydrogen (secondary N) is 2. The number of para-hydroxylation sites is 1. The number of hydrogen-bond donors (Lipinski definition) is 4. The van der Waals surface area contributed by atoms with Crippen LogP contribution in [-0.2, 0) is 16.7 Å². The van der Waals surface area contributed by atoms with Crippen LogP contribution in [0.1, 0.15) is 5.56 Å². The molecule has 0 saturated carbocycles. The Balaban J connectivity index is 1.72. The van der Waals surface area contributed by atoms with Crippen molar-refractivity contribution in [2.75, 3.05) is 28.6 Å². The monoisotopic (exact) mass is 440 g/mol. The summed E-state index contributed by atoms with van der Waals surface area (Å²) in [6, 6.07) is 22.6. The summed E-state index contributed by atoms with van der Waals surface area (Å²) in [5, 5.41) is 5.85. The lowest BCUT2D eigenvalue weighted by Gasteiger charge is -2.25. The van der Waals surface area contributed by atoms with E-state index in [9.17, 15) is 17.8 Å². The molecule has 0 radical (unpaired) electrons. The third-order valence-corrected chi connectivity index (χ3v) is 5.38. The Morgan fingerprint density at radius 1 is 0.935 bits per heavy atom. The Morgan fingerprint density at radius 3 is 2.35 bits per heavy atom. The van der Waals surface area contributed by atoms with Crippen molar-refractivity contribution in [3.05, 3.63) is 84.4 Å². The van der Waals surface area contributed by atoms with Gasteiger partial charge >= 0.3 is 6.03 Å². The maximum Gasteiger partial charge on any atom is 0.316 e. The molecule has 0 aromatic heterocycles. The highest BCUT2D eigenvalue weighted by molar-refractivity contribution is 7.85. The number of carbonyl (C=O) groups is 1. The molecule has 0 unspecified atom stereocenters. The van der Waals surface area contributed by atoms with Gasteiger partial charge < -0.3 is 21.3 Å². The van der Waals surface area contributed by atoms with E-state index < -0.39 is 16.1 Å². The molecule has 8 nitrogen and oxygen atoms in total. The molecule has 0 fully saturated rings. The maximum atomic E-state index is 11.5. The first-order valence-electron chi connectivity index (χ1n) is 9.58. The van der Waals surface area contributed by atoms with Crippen molar-refractivity contribution in [3.63, 3.8) is 0 Å². The van der Waals surface area contributed by atoms with Gasteiger partial charge in [0.15, 0.2) is 0 Å². The van der Waals surface area contributed by atoms with E-state index in [0.717, 1.165) is 16.9 Å². The second kappa shape index (κ2) is 9.96. The van der Waals surface area contributed by atoms with Crippen LogP contribution in [0.15, 0.2) is 83.8 Å². The fourth-order valence-electron chi connectivity index (χ4n) is 3.15. The van der Waals surface area contributed by atoms with Crippen LogP contribution in [-0.4, -0.2) is 32.1 Å². The standard InChI is InChI=1S/C22H24N4O4S/c23-22(27)25-19-8-5-7-18(15-19)24-12-13-26(20-9-2-1-3-10-20)16-17-6-4-11-21(14-17)31(28,29)30/h1-11,14-15,24H,12-13,16H2,(H3,23,25,27)(H,28,29,30). The number of rotatable bonds is 9. The fraction of sp³-hybridized carbons (Fsp3) is 0.136. The van der Waals surface area contributed by atoms with Gasteiger partial charge in [-0.2, -0.15) is 8.42 Å². The number of benzene rings is 3. The van der Waals surface area contributed by atoms with E-state index in [2.05, 4.69) is 15.5 Å². The van der Waals surface area contributed by atoms with E-state index >= 15 is 0 Å². The van der Waals surface area contributed by atoms with Crippen molar-refractivity contribution in [2.45, 2.75) is 11.4 Å². The Hall–Kier alpha value is -3.56. The average molecular weight is 441 g/mol. The van der Waals surface area contributed by atoms with Crippen molar-refractivity contribution < 1.29 is 17.8 Å². The third-order valence-electron chi connectivity index (χ3n) is 4.53. The normalized spacial score (nSPS) is 11.0. The molecule has 2 amide bonds. The van der Waals surface area contributed by atoms with Crippen LogP contribution in [0.4, 0.5) is 21.9 Å². The summed E-state index contributed by atoms with van der Waals surface area (Å²) in [7, 11) is -4.26. The van der Waals surface area contributed by atoms with Gasteiger partial charge in [0.1, 0.15) is 0 Å². The third kappa shape index (κ3) is 6.73. The Morgan fingerprint density at radius 2 is 1.65 bits per heavy atom. The molecule has 31 heavy (non-hydrogen) atoms. The second-order valence-electron chi connectivity index (χ2n) is 6.88. The molecule has 3 aromatic rings. The zero-order valence-electron chi connectivity index (χ0n) is 16.7. The first kappa shape index (κ1) is 22.1. The molecule has 0 aliphatic heterocycles. The smallest absolute Gasteiger partial charge is 0.316 e. The van der Waals surface area contributed by atoms with Gasteiger partial charge in [0.05, 0.1) is 4.90 Å². The van der Waals surface area contributed by atoms with Crippen molar-refractivity contribution in [2.24, 2.45) is 5.73 Å². The van der Waals surface area contributed by atoms with Gasteiger partial charge in [-0.25, -0.2) is 4.79 Å². The number of primary amides is 1. The number of nitrogens with zero attached hydrogens (tertiary/aromatic N) is 1. The van der Waals surface area contributed by atoms with Crippen LogP contribution in [0, 0.1) is 0 Å². The molecule has 5 N–H and O–H groups in total. The van der Waals surface area contributed by atoms with Crippen molar-refractivity contribution in [1.29, 1.82) is 0 Å². The molecule has 0 spiro atoms. The molecule has 0 aliphatic carbocycles. The quantitative estimate of drug-likeness (QED) is 0.377. The Labute approximate surface area is 181 Å². The Kier molecular flexibility index (Phi) is 7.11. The minimum Gasteiger partial charge on any atom is -0.383 e. The SMILES string of the molecule is NC(=O)Nc1cccc(NCCN(Cc2cccc(S(=O)(=O)O)c2)c2ccccc2)c1. The lowest BCUT2D eigenvalue weighted by atomic mass is 10.2. The molecule has 0 heterocycles. The van der Waals surface area contributed by atoms with Crippen LogP contribution in [0.3, 0.4) is 0 Å². The zero-order valence-corrected chi connectivity index (χ0v) is 17.5. The minimum atomic E-state index is -4.26. The second-order valence-corrected chi connectivity index (χ2v) is 8.30. The van der Waals surface area contributed by atoms with Crippen molar-refractivity contribution in [1.82, 2.24) is 0 Å². The lowest BCUT2D eigenvalue weighted by molar-refractivity contribution is 0.259. The van der Waals surface area contributed by atoms with Crippen LogP contribution in [0.2, 0.25) is 0 Å².